The van der Waals surface area contributed by atoms with Gasteiger partial charge >= 0.3 is 11.9 Å². The van der Waals surface area contributed by atoms with Crippen molar-refractivity contribution in [3.8, 4) is 0 Å². The van der Waals surface area contributed by atoms with Crippen molar-refractivity contribution in [2.24, 2.45) is 11.3 Å². The Hall–Kier alpha value is -1.58. The van der Waals surface area contributed by atoms with Crippen LogP contribution in [0, 0.1) is 11.3 Å². The van der Waals surface area contributed by atoms with Gasteiger partial charge < -0.3 is 9.47 Å². The van der Waals surface area contributed by atoms with Crippen molar-refractivity contribution in [1.82, 2.24) is 0 Å². The largest absolute Gasteiger partial charge is 0.468 e. The van der Waals surface area contributed by atoms with Crippen LogP contribution in [0.3, 0.4) is 0 Å². The van der Waals surface area contributed by atoms with E-state index in [4.69, 9.17) is 0 Å². The zero-order valence-electron chi connectivity index (χ0n) is 10.7. The number of rotatable bonds is 7. The SMILES string of the molecule is C=CCCC(C)(C=C)C(C(=O)OC)C(=O)OC. The van der Waals surface area contributed by atoms with Gasteiger partial charge in [0, 0.05) is 5.41 Å². The highest BCUT2D eigenvalue weighted by molar-refractivity contribution is 5.96. The van der Waals surface area contributed by atoms with Crippen LogP contribution in [0.15, 0.2) is 25.3 Å². The molecule has 0 fully saturated rings. The molecule has 0 amide bonds. The molecule has 0 saturated carbocycles. The summed E-state index contributed by atoms with van der Waals surface area (Å²) in [5, 5.41) is 0. The number of carbonyl (C=O) groups is 2. The Bertz CT molecular complexity index is 293. The van der Waals surface area contributed by atoms with E-state index in [1.807, 2.05) is 0 Å². The van der Waals surface area contributed by atoms with E-state index in [0.717, 1.165) is 0 Å². The molecule has 0 aromatic carbocycles. The summed E-state index contributed by atoms with van der Waals surface area (Å²) in [5.74, 6) is -2.21. The quantitative estimate of drug-likeness (QED) is 0.388. The van der Waals surface area contributed by atoms with Gasteiger partial charge in [-0.25, -0.2) is 0 Å². The monoisotopic (exact) mass is 240 g/mol. The maximum atomic E-state index is 11.7. The molecule has 0 aliphatic heterocycles. The fourth-order valence-corrected chi connectivity index (χ4v) is 1.65. The summed E-state index contributed by atoms with van der Waals surface area (Å²) < 4.78 is 9.30. The summed E-state index contributed by atoms with van der Waals surface area (Å²) in [7, 11) is 2.49. The molecule has 0 heterocycles. The Kier molecular flexibility index (Phi) is 6.25. The summed E-state index contributed by atoms with van der Waals surface area (Å²) in [6.45, 7) is 9.09. The molecule has 0 rings (SSSR count). The third-order valence-electron chi connectivity index (χ3n) is 2.89. The molecule has 1 unspecified atom stereocenters. The van der Waals surface area contributed by atoms with Crippen molar-refractivity contribution in [2.75, 3.05) is 14.2 Å². The number of methoxy groups -OCH3 is 2. The Morgan fingerprint density at radius 3 is 2.00 bits per heavy atom. The first-order chi connectivity index (χ1) is 7.96. The molecule has 0 aliphatic carbocycles. The van der Waals surface area contributed by atoms with Gasteiger partial charge in [0.1, 0.15) is 0 Å². The summed E-state index contributed by atoms with van der Waals surface area (Å²) >= 11 is 0. The minimum atomic E-state index is -0.991. The Labute approximate surface area is 102 Å². The lowest BCUT2D eigenvalue weighted by Crippen LogP contribution is -2.39. The van der Waals surface area contributed by atoms with Gasteiger partial charge in [0.15, 0.2) is 5.92 Å². The maximum absolute atomic E-state index is 11.7. The van der Waals surface area contributed by atoms with Crippen molar-refractivity contribution in [3.05, 3.63) is 25.3 Å². The molecular weight excluding hydrogens is 220 g/mol. The Balaban J connectivity index is 5.22. The van der Waals surface area contributed by atoms with E-state index in [2.05, 4.69) is 22.6 Å². The first kappa shape index (κ1) is 15.4. The smallest absolute Gasteiger partial charge is 0.320 e. The van der Waals surface area contributed by atoms with E-state index < -0.39 is 23.3 Å². The maximum Gasteiger partial charge on any atom is 0.320 e. The van der Waals surface area contributed by atoms with E-state index in [-0.39, 0.29) is 0 Å². The van der Waals surface area contributed by atoms with Crippen molar-refractivity contribution in [3.63, 3.8) is 0 Å². The van der Waals surface area contributed by atoms with E-state index in [1.54, 1.807) is 19.1 Å². The van der Waals surface area contributed by atoms with Crippen LogP contribution in [0.2, 0.25) is 0 Å². The van der Waals surface area contributed by atoms with Crippen molar-refractivity contribution >= 4 is 11.9 Å². The molecular formula is C13H20O4. The first-order valence-corrected chi connectivity index (χ1v) is 5.37. The zero-order chi connectivity index (χ0) is 13.5. The number of esters is 2. The Morgan fingerprint density at radius 1 is 1.24 bits per heavy atom. The van der Waals surface area contributed by atoms with Crippen LogP contribution in [0.5, 0.6) is 0 Å². The highest BCUT2D eigenvalue weighted by Gasteiger charge is 2.43. The summed E-state index contributed by atoms with van der Waals surface area (Å²) in [5.41, 5.74) is -0.700. The molecule has 0 saturated heterocycles. The highest BCUT2D eigenvalue weighted by Crippen LogP contribution is 2.35. The van der Waals surface area contributed by atoms with E-state index in [9.17, 15) is 9.59 Å². The molecule has 0 N–H and O–H groups in total. The molecule has 0 aromatic heterocycles. The lowest BCUT2D eigenvalue weighted by molar-refractivity contribution is -0.163. The number of hydrogen-bond donors (Lipinski definition) is 0. The van der Waals surface area contributed by atoms with Crippen LogP contribution in [0.25, 0.3) is 0 Å². The normalized spacial score (nSPS) is 13.6. The molecule has 0 bridgehead atoms. The second-order valence-electron chi connectivity index (χ2n) is 4.02. The van der Waals surface area contributed by atoms with Crippen LogP contribution < -0.4 is 0 Å². The van der Waals surface area contributed by atoms with E-state index >= 15 is 0 Å². The molecule has 0 radical (unpaired) electrons. The molecule has 0 spiro atoms. The summed E-state index contributed by atoms with van der Waals surface area (Å²) in [4.78, 5) is 23.4. The average molecular weight is 240 g/mol. The molecule has 4 heteroatoms. The van der Waals surface area contributed by atoms with Crippen LogP contribution in [0.4, 0.5) is 0 Å². The Morgan fingerprint density at radius 2 is 1.71 bits per heavy atom. The van der Waals surface area contributed by atoms with Crippen LogP contribution in [-0.4, -0.2) is 26.2 Å². The zero-order valence-corrected chi connectivity index (χ0v) is 10.7. The van der Waals surface area contributed by atoms with Gasteiger partial charge in [-0.05, 0) is 12.8 Å². The second-order valence-corrected chi connectivity index (χ2v) is 4.02. The fraction of sp³-hybridized carbons (Fsp3) is 0.538. The average Bonchev–Trinajstić information content (AvgIpc) is 2.35. The minimum absolute atomic E-state index is 0.578. The summed E-state index contributed by atoms with van der Waals surface area (Å²) in [6, 6.07) is 0. The van der Waals surface area contributed by atoms with Gasteiger partial charge in [-0.3, -0.25) is 9.59 Å². The number of allylic oxidation sites excluding steroid dienone is 2. The number of ether oxygens (including phenoxy) is 2. The first-order valence-electron chi connectivity index (χ1n) is 5.37. The molecule has 0 aliphatic rings. The second kappa shape index (κ2) is 6.89. The molecule has 1 atom stereocenters. The van der Waals surface area contributed by atoms with Crippen molar-refractivity contribution < 1.29 is 19.1 Å². The third-order valence-corrected chi connectivity index (χ3v) is 2.89. The number of hydrogen-bond acceptors (Lipinski definition) is 4. The number of carbonyl (C=O) groups excluding carboxylic acids is 2. The third kappa shape index (κ3) is 3.73. The van der Waals surface area contributed by atoms with Gasteiger partial charge in [0.25, 0.3) is 0 Å². The predicted molar refractivity (Wildman–Crippen MR) is 65.3 cm³/mol. The lowest BCUT2D eigenvalue weighted by Gasteiger charge is -2.30. The van der Waals surface area contributed by atoms with Crippen LogP contribution in [-0.2, 0) is 19.1 Å². The van der Waals surface area contributed by atoms with Crippen molar-refractivity contribution in [1.29, 1.82) is 0 Å². The minimum Gasteiger partial charge on any atom is -0.468 e. The lowest BCUT2D eigenvalue weighted by atomic mass is 9.73. The molecule has 4 nitrogen and oxygen atoms in total. The van der Waals surface area contributed by atoms with Gasteiger partial charge in [-0.15, -0.1) is 13.2 Å². The van der Waals surface area contributed by atoms with Gasteiger partial charge in [-0.2, -0.15) is 0 Å². The standard InChI is InChI=1S/C13H20O4/c1-6-8-9-13(3,7-2)10(11(14)16-4)12(15)17-5/h6-7,10H,1-2,8-9H2,3-5H3. The van der Waals surface area contributed by atoms with Gasteiger partial charge in [0.05, 0.1) is 14.2 Å². The topological polar surface area (TPSA) is 52.6 Å². The molecule has 0 aromatic rings. The van der Waals surface area contributed by atoms with Crippen molar-refractivity contribution in [2.45, 2.75) is 19.8 Å². The predicted octanol–water partition coefficient (Wildman–Crippen LogP) is 2.11. The van der Waals surface area contributed by atoms with E-state index in [0.29, 0.717) is 12.8 Å². The van der Waals surface area contributed by atoms with Crippen LogP contribution >= 0.6 is 0 Å². The highest BCUT2D eigenvalue weighted by atomic mass is 16.5. The van der Waals surface area contributed by atoms with Gasteiger partial charge in [0.2, 0.25) is 0 Å². The molecule has 96 valence electrons. The van der Waals surface area contributed by atoms with E-state index in [1.165, 1.54) is 14.2 Å². The van der Waals surface area contributed by atoms with Crippen LogP contribution in [0.1, 0.15) is 19.8 Å². The summed E-state index contributed by atoms with van der Waals surface area (Å²) in [6.07, 6.45) is 4.57. The fourth-order valence-electron chi connectivity index (χ4n) is 1.65. The molecule has 17 heavy (non-hydrogen) atoms. The van der Waals surface area contributed by atoms with Gasteiger partial charge in [-0.1, -0.05) is 19.1 Å².